The molecule has 0 aliphatic heterocycles. The van der Waals surface area contributed by atoms with Crippen LogP contribution < -0.4 is 9.64 Å². The van der Waals surface area contributed by atoms with Crippen LogP contribution in [0.1, 0.15) is 12.5 Å². The number of aryl methyl sites for hydroxylation is 1. The molecule has 0 aliphatic rings. The Morgan fingerprint density at radius 1 is 1.38 bits per heavy atom. The van der Waals surface area contributed by atoms with Crippen LogP contribution in [0.4, 0.5) is 5.69 Å². The fourth-order valence-corrected chi connectivity index (χ4v) is 1.28. The molecule has 1 aromatic carbocycles. The molecular weight excluding hydrogens is 162 g/mol. The highest BCUT2D eigenvalue weighted by molar-refractivity contribution is 5.52. The molecule has 72 valence electrons. The molecule has 0 aliphatic carbocycles. The van der Waals surface area contributed by atoms with E-state index < -0.39 is 0 Å². The molecule has 0 N–H and O–H groups in total. The molecular formula is C11H17NO. The van der Waals surface area contributed by atoms with Crippen molar-refractivity contribution in [3.63, 3.8) is 0 Å². The van der Waals surface area contributed by atoms with Crippen molar-refractivity contribution in [1.29, 1.82) is 0 Å². The van der Waals surface area contributed by atoms with Crippen LogP contribution in [0.5, 0.6) is 5.75 Å². The third kappa shape index (κ3) is 2.14. The van der Waals surface area contributed by atoms with Crippen LogP contribution in [0, 0.1) is 6.92 Å². The minimum atomic E-state index is 0.952. The van der Waals surface area contributed by atoms with Crippen LogP contribution in [-0.4, -0.2) is 20.7 Å². The van der Waals surface area contributed by atoms with Gasteiger partial charge in [-0.3, -0.25) is 0 Å². The third-order valence-corrected chi connectivity index (χ3v) is 2.29. The Balaban J connectivity index is 2.95. The smallest absolute Gasteiger partial charge is 0.121 e. The number of nitrogens with zero attached hydrogens (tertiary/aromatic N) is 1. The second-order valence-corrected chi connectivity index (χ2v) is 3.17. The Kier molecular flexibility index (Phi) is 3.18. The maximum Gasteiger partial charge on any atom is 0.121 e. The van der Waals surface area contributed by atoms with E-state index in [9.17, 15) is 0 Å². The van der Waals surface area contributed by atoms with E-state index in [0.29, 0.717) is 0 Å². The number of methoxy groups -OCH3 is 1. The Hall–Kier alpha value is -1.18. The zero-order chi connectivity index (χ0) is 9.84. The summed E-state index contributed by atoms with van der Waals surface area (Å²) in [7, 11) is 3.78. The number of benzene rings is 1. The molecule has 0 aromatic heterocycles. The highest BCUT2D eigenvalue weighted by Crippen LogP contribution is 2.23. The molecule has 1 rings (SSSR count). The first-order valence-electron chi connectivity index (χ1n) is 4.54. The fraction of sp³-hybridized carbons (Fsp3) is 0.455. The van der Waals surface area contributed by atoms with Gasteiger partial charge in [-0.1, -0.05) is 0 Å². The Morgan fingerprint density at radius 2 is 2.08 bits per heavy atom. The number of hydrogen-bond donors (Lipinski definition) is 0. The van der Waals surface area contributed by atoms with Gasteiger partial charge in [0, 0.05) is 19.3 Å². The van der Waals surface area contributed by atoms with Crippen LogP contribution in [-0.2, 0) is 0 Å². The van der Waals surface area contributed by atoms with Gasteiger partial charge in [0.1, 0.15) is 5.75 Å². The number of anilines is 1. The van der Waals surface area contributed by atoms with Gasteiger partial charge in [0.25, 0.3) is 0 Å². The topological polar surface area (TPSA) is 12.5 Å². The summed E-state index contributed by atoms with van der Waals surface area (Å²) in [6, 6.07) is 6.23. The van der Waals surface area contributed by atoms with Crippen molar-refractivity contribution < 1.29 is 4.74 Å². The molecule has 2 nitrogen and oxygen atoms in total. The van der Waals surface area contributed by atoms with Gasteiger partial charge in [0.2, 0.25) is 0 Å². The average molecular weight is 179 g/mol. The molecule has 0 radical (unpaired) electrons. The van der Waals surface area contributed by atoms with Crippen LogP contribution in [0.15, 0.2) is 18.2 Å². The van der Waals surface area contributed by atoms with E-state index in [2.05, 4.69) is 37.9 Å². The average Bonchev–Trinajstić information content (AvgIpc) is 2.16. The second kappa shape index (κ2) is 4.17. The van der Waals surface area contributed by atoms with Gasteiger partial charge in [0.05, 0.1) is 7.11 Å². The maximum atomic E-state index is 5.19. The lowest BCUT2D eigenvalue weighted by Gasteiger charge is -2.18. The number of ether oxygens (including phenoxy) is 1. The minimum absolute atomic E-state index is 0.952. The van der Waals surface area contributed by atoms with Crippen molar-refractivity contribution in [2.24, 2.45) is 0 Å². The summed E-state index contributed by atoms with van der Waals surface area (Å²) >= 11 is 0. The number of rotatable bonds is 3. The Labute approximate surface area is 80.1 Å². The van der Waals surface area contributed by atoms with E-state index in [1.807, 2.05) is 6.07 Å². The van der Waals surface area contributed by atoms with Crippen LogP contribution in [0.3, 0.4) is 0 Å². The van der Waals surface area contributed by atoms with Gasteiger partial charge in [-0.25, -0.2) is 0 Å². The summed E-state index contributed by atoms with van der Waals surface area (Å²) in [4.78, 5) is 2.20. The van der Waals surface area contributed by atoms with Crippen molar-refractivity contribution in [2.45, 2.75) is 13.8 Å². The SMILES string of the molecule is CCN(C)c1ccc(OC)c(C)c1. The van der Waals surface area contributed by atoms with Gasteiger partial charge in [0.15, 0.2) is 0 Å². The lowest BCUT2D eigenvalue weighted by atomic mass is 10.2. The van der Waals surface area contributed by atoms with Crippen molar-refractivity contribution >= 4 is 5.69 Å². The molecule has 2 heteroatoms. The van der Waals surface area contributed by atoms with Crippen LogP contribution in [0.2, 0.25) is 0 Å². The summed E-state index contributed by atoms with van der Waals surface area (Å²) in [6.07, 6.45) is 0. The lowest BCUT2D eigenvalue weighted by molar-refractivity contribution is 0.411. The molecule has 0 saturated heterocycles. The second-order valence-electron chi connectivity index (χ2n) is 3.17. The maximum absolute atomic E-state index is 5.19. The standard InChI is InChI=1S/C11H17NO/c1-5-12(3)10-6-7-11(13-4)9(2)8-10/h6-8H,5H2,1-4H3. The van der Waals surface area contributed by atoms with E-state index >= 15 is 0 Å². The molecule has 1 aromatic rings. The molecule has 0 spiro atoms. The molecule has 0 unspecified atom stereocenters. The van der Waals surface area contributed by atoms with Crippen LogP contribution in [0.25, 0.3) is 0 Å². The number of hydrogen-bond acceptors (Lipinski definition) is 2. The third-order valence-electron chi connectivity index (χ3n) is 2.29. The molecule has 0 fully saturated rings. The van der Waals surface area contributed by atoms with E-state index in [1.165, 1.54) is 11.3 Å². The first-order chi connectivity index (χ1) is 6.19. The fourth-order valence-electron chi connectivity index (χ4n) is 1.28. The quantitative estimate of drug-likeness (QED) is 0.706. The Morgan fingerprint density at radius 3 is 2.54 bits per heavy atom. The lowest BCUT2D eigenvalue weighted by Crippen LogP contribution is -2.15. The van der Waals surface area contributed by atoms with Crippen molar-refractivity contribution in [3.05, 3.63) is 23.8 Å². The molecule has 0 bridgehead atoms. The summed E-state index contributed by atoms with van der Waals surface area (Å²) in [5.41, 5.74) is 2.42. The van der Waals surface area contributed by atoms with Gasteiger partial charge < -0.3 is 9.64 Å². The van der Waals surface area contributed by atoms with E-state index in [1.54, 1.807) is 7.11 Å². The molecule has 0 atom stereocenters. The predicted molar refractivity (Wildman–Crippen MR) is 56.7 cm³/mol. The summed E-state index contributed by atoms with van der Waals surface area (Å²) in [5.74, 6) is 0.952. The summed E-state index contributed by atoms with van der Waals surface area (Å²) in [5, 5.41) is 0. The summed E-state index contributed by atoms with van der Waals surface area (Å²) in [6.45, 7) is 5.22. The first kappa shape index (κ1) is 9.90. The van der Waals surface area contributed by atoms with Crippen molar-refractivity contribution in [1.82, 2.24) is 0 Å². The van der Waals surface area contributed by atoms with Gasteiger partial charge in [-0.2, -0.15) is 0 Å². The molecule has 0 heterocycles. The zero-order valence-electron chi connectivity index (χ0n) is 8.79. The Bertz CT molecular complexity index is 283. The van der Waals surface area contributed by atoms with Gasteiger partial charge >= 0.3 is 0 Å². The van der Waals surface area contributed by atoms with Crippen molar-refractivity contribution in [3.8, 4) is 5.75 Å². The predicted octanol–water partition coefficient (Wildman–Crippen LogP) is 2.46. The molecule has 0 saturated carbocycles. The van der Waals surface area contributed by atoms with Crippen LogP contribution >= 0.6 is 0 Å². The van der Waals surface area contributed by atoms with E-state index in [4.69, 9.17) is 4.74 Å². The highest BCUT2D eigenvalue weighted by Gasteiger charge is 2.01. The largest absolute Gasteiger partial charge is 0.496 e. The van der Waals surface area contributed by atoms with E-state index in [0.717, 1.165) is 12.3 Å². The van der Waals surface area contributed by atoms with Crippen molar-refractivity contribution in [2.75, 3.05) is 25.6 Å². The van der Waals surface area contributed by atoms with Gasteiger partial charge in [-0.05, 0) is 37.6 Å². The van der Waals surface area contributed by atoms with E-state index in [-0.39, 0.29) is 0 Å². The molecule has 0 amide bonds. The molecule has 13 heavy (non-hydrogen) atoms. The minimum Gasteiger partial charge on any atom is -0.496 e. The first-order valence-corrected chi connectivity index (χ1v) is 4.54. The van der Waals surface area contributed by atoms with Gasteiger partial charge in [-0.15, -0.1) is 0 Å². The zero-order valence-corrected chi connectivity index (χ0v) is 8.79. The summed E-state index contributed by atoms with van der Waals surface area (Å²) < 4.78 is 5.19. The normalized spacial score (nSPS) is 9.85. The monoisotopic (exact) mass is 179 g/mol. The highest BCUT2D eigenvalue weighted by atomic mass is 16.5.